The first-order valence-electron chi connectivity index (χ1n) is 9.75. The van der Waals surface area contributed by atoms with Crippen LogP contribution in [-0.4, -0.2) is 30.6 Å². The standard InChI is InChI=1S/C24H23N3O3S/c1-30-21-14-8-6-12-19(21)23(29)27-24(31)26-20-13-7-5-11-18(20)22(28)25-16-15-17-9-3-2-4-10-17/h2-14H,15-16H2,1H3,(H,25,28)(H2,26,27,29,31). The van der Waals surface area contributed by atoms with Gasteiger partial charge in [-0.2, -0.15) is 0 Å². The fourth-order valence-corrected chi connectivity index (χ4v) is 3.21. The van der Waals surface area contributed by atoms with Gasteiger partial charge in [0.25, 0.3) is 11.8 Å². The largest absolute Gasteiger partial charge is 0.496 e. The molecule has 0 radical (unpaired) electrons. The predicted octanol–water partition coefficient (Wildman–Crippen LogP) is 3.79. The molecule has 2 amide bonds. The lowest BCUT2D eigenvalue weighted by Gasteiger charge is -2.14. The highest BCUT2D eigenvalue weighted by Gasteiger charge is 2.15. The summed E-state index contributed by atoms with van der Waals surface area (Å²) in [5.74, 6) is -0.182. The lowest BCUT2D eigenvalue weighted by atomic mass is 10.1. The van der Waals surface area contributed by atoms with Crippen molar-refractivity contribution in [3.63, 3.8) is 0 Å². The van der Waals surface area contributed by atoms with E-state index in [2.05, 4.69) is 16.0 Å². The van der Waals surface area contributed by atoms with Gasteiger partial charge in [0.05, 0.1) is 23.9 Å². The highest BCUT2D eigenvalue weighted by molar-refractivity contribution is 7.80. The van der Waals surface area contributed by atoms with Crippen LogP contribution in [0.1, 0.15) is 26.3 Å². The lowest BCUT2D eigenvalue weighted by Crippen LogP contribution is -2.35. The number of nitrogens with one attached hydrogen (secondary N) is 3. The van der Waals surface area contributed by atoms with E-state index in [-0.39, 0.29) is 11.0 Å². The van der Waals surface area contributed by atoms with Crippen molar-refractivity contribution in [1.29, 1.82) is 0 Å². The van der Waals surface area contributed by atoms with Gasteiger partial charge in [0, 0.05) is 6.54 Å². The summed E-state index contributed by atoms with van der Waals surface area (Å²) in [5, 5.41) is 8.56. The number of hydrogen-bond donors (Lipinski definition) is 3. The van der Waals surface area contributed by atoms with E-state index in [1.807, 2.05) is 30.3 Å². The molecule has 158 valence electrons. The van der Waals surface area contributed by atoms with E-state index in [9.17, 15) is 9.59 Å². The summed E-state index contributed by atoms with van der Waals surface area (Å²) in [6.45, 7) is 0.506. The summed E-state index contributed by atoms with van der Waals surface area (Å²) >= 11 is 5.27. The molecule has 0 atom stereocenters. The maximum atomic E-state index is 12.7. The topological polar surface area (TPSA) is 79.5 Å². The second-order valence-corrected chi connectivity index (χ2v) is 7.05. The Hall–Kier alpha value is -3.71. The molecular weight excluding hydrogens is 410 g/mol. The summed E-state index contributed by atoms with van der Waals surface area (Å²) < 4.78 is 5.21. The summed E-state index contributed by atoms with van der Waals surface area (Å²) in [5.41, 5.74) is 2.45. The molecular formula is C24H23N3O3S. The van der Waals surface area contributed by atoms with Gasteiger partial charge in [-0.15, -0.1) is 0 Å². The second-order valence-electron chi connectivity index (χ2n) is 6.65. The molecule has 0 spiro atoms. The average molecular weight is 434 g/mol. The second kappa shape index (κ2) is 10.9. The van der Waals surface area contributed by atoms with Gasteiger partial charge < -0.3 is 15.4 Å². The van der Waals surface area contributed by atoms with Crippen molar-refractivity contribution in [3.05, 3.63) is 95.6 Å². The van der Waals surface area contributed by atoms with E-state index in [0.717, 1.165) is 12.0 Å². The van der Waals surface area contributed by atoms with Crippen LogP contribution in [0, 0.1) is 0 Å². The minimum Gasteiger partial charge on any atom is -0.496 e. The fraction of sp³-hybridized carbons (Fsp3) is 0.125. The number of thiocarbonyl (C=S) groups is 1. The van der Waals surface area contributed by atoms with Crippen molar-refractivity contribution >= 4 is 34.8 Å². The first-order chi connectivity index (χ1) is 15.1. The van der Waals surface area contributed by atoms with Gasteiger partial charge in [-0.25, -0.2) is 0 Å². The molecule has 6 nitrogen and oxygen atoms in total. The lowest BCUT2D eigenvalue weighted by molar-refractivity contribution is 0.0952. The van der Waals surface area contributed by atoms with Crippen molar-refractivity contribution in [3.8, 4) is 5.75 Å². The molecule has 0 aromatic heterocycles. The number of para-hydroxylation sites is 2. The molecule has 0 aliphatic heterocycles. The quantitative estimate of drug-likeness (QED) is 0.494. The van der Waals surface area contributed by atoms with Crippen LogP contribution in [0.2, 0.25) is 0 Å². The summed E-state index contributed by atoms with van der Waals surface area (Å²) in [7, 11) is 1.50. The summed E-state index contributed by atoms with van der Waals surface area (Å²) in [4.78, 5) is 25.2. The summed E-state index contributed by atoms with van der Waals surface area (Å²) in [6.07, 6.45) is 0.732. The maximum absolute atomic E-state index is 12.7. The number of amides is 2. The predicted molar refractivity (Wildman–Crippen MR) is 126 cm³/mol. The van der Waals surface area contributed by atoms with Crippen LogP contribution in [0.3, 0.4) is 0 Å². The van der Waals surface area contributed by atoms with Crippen LogP contribution in [0.15, 0.2) is 78.9 Å². The number of rotatable bonds is 7. The van der Waals surface area contributed by atoms with Crippen LogP contribution >= 0.6 is 12.2 Å². The number of methoxy groups -OCH3 is 1. The smallest absolute Gasteiger partial charge is 0.261 e. The Morgan fingerprint density at radius 3 is 2.23 bits per heavy atom. The van der Waals surface area contributed by atoms with Crippen LogP contribution in [0.4, 0.5) is 5.69 Å². The van der Waals surface area contributed by atoms with Gasteiger partial charge in [0.2, 0.25) is 0 Å². The zero-order valence-electron chi connectivity index (χ0n) is 17.1. The molecule has 0 bridgehead atoms. The van der Waals surface area contributed by atoms with Crippen LogP contribution in [0.5, 0.6) is 5.75 Å². The molecule has 7 heteroatoms. The molecule has 3 aromatic carbocycles. The first-order valence-corrected chi connectivity index (χ1v) is 10.2. The number of benzene rings is 3. The number of ether oxygens (including phenoxy) is 1. The Bertz CT molecular complexity index is 1070. The van der Waals surface area contributed by atoms with E-state index in [1.165, 1.54) is 7.11 Å². The maximum Gasteiger partial charge on any atom is 0.261 e. The third-order valence-electron chi connectivity index (χ3n) is 4.54. The molecule has 0 unspecified atom stereocenters. The molecule has 0 saturated heterocycles. The fourth-order valence-electron chi connectivity index (χ4n) is 3.01. The molecule has 3 N–H and O–H groups in total. The molecule has 3 aromatic rings. The van der Waals surface area contributed by atoms with Gasteiger partial charge in [-0.05, 0) is 48.5 Å². The molecule has 0 heterocycles. The minimum atomic E-state index is -0.403. The SMILES string of the molecule is COc1ccccc1C(=O)NC(=S)Nc1ccccc1C(=O)NCCc1ccccc1. The number of carbonyl (C=O) groups excluding carboxylic acids is 2. The van der Waals surface area contributed by atoms with Crippen molar-refractivity contribution in [2.24, 2.45) is 0 Å². The number of hydrogen-bond acceptors (Lipinski definition) is 4. The number of carbonyl (C=O) groups is 2. The van der Waals surface area contributed by atoms with Crippen LogP contribution in [-0.2, 0) is 6.42 Å². The number of anilines is 1. The van der Waals surface area contributed by atoms with Gasteiger partial charge in [-0.1, -0.05) is 54.6 Å². The van der Waals surface area contributed by atoms with E-state index in [0.29, 0.717) is 29.1 Å². The molecule has 0 aliphatic rings. The molecule has 0 fully saturated rings. The van der Waals surface area contributed by atoms with Crippen LogP contribution in [0.25, 0.3) is 0 Å². The molecule has 31 heavy (non-hydrogen) atoms. The Labute approximate surface area is 186 Å². The average Bonchev–Trinajstić information content (AvgIpc) is 2.80. The monoisotopic (exact) mass is 433 g/mol. The van der Waals surface area contributed by atoms with E-state index >= 15 is 0 Å². The van der Waals surface area contributed by atoms with E-state index in [1.54, 1.807) is 48.5 Å². The highest BCUT2D eigenvalue weighted by Crippen LogP contribution is 2.18. The third kappa shape index (κ3) is 6.13. The van der Waals surface area contributed by atoms with Crippen molar-refractivity contribution in [1.82, 2.24) is 10.6 Å². The van der Waals surface area contributed by atoms with Gasteiger partial charge in [0.1, 0.15) is 5.75 Å². The minimum absolute atomic E-state index is 0.0837. The highest BCUT2D eigenvalue weighted by atomic mass is 32.1. The summed E-state index contributed by atoms with van der Waals surface area (Å²) in [6, 6.07) is 23.8. The normalized spacial score (nSPS) is 10.1. The Balaban J connectivity index is 1.61. The van der Waals surface area contributed by atoms with Crippen molar-refractivity contribution < 1.29 is 14.3 Å². The van der Waals surface area contributed by atoms with E-state index in [4.69, 9.17) is 17.0 Å². The molecule has 0 aliphatic carbocycles. The van der Waals surface area contributed by atoms with Gasteiger partial charge in [-0.3, -0.25) is 14.9 Å². The Morgan fingerprint density at radius 1 is 0.839 bits per heavy atom. The molecule has 0 saturated carbocycles. The van der Waals surface area contributed by atoms with Crippen molar-refractivity contribution in [2.45, 2.75) is 6.42 Å². The van der Waals surface area contributed by atoms with E-state index < -0.39 is 5.91 Å². The Morgan fingerprint density at radius 2 is 1.48 bits per heavy atom. The van der Waals surface area contributed by atoms with Crippen molar-refractivity contribution in [2.75, 3.05) is 19.0 Å². The zero-order valence-corrected chi connectivity index (χ0v) is 17.9. The third-order valence-corrected chi connectivity index (χ3v) is 4.74. The van der Waals surface area contributed by atoms with Crippen LogP contribution < -0.4 is 20.7 Å². The zero-order chi connectivity index (χ0) is 22.1. The molecule has 3 rings (SSSR count). The Kier molecular flexibility index (Phi) is 7.73. The first kappa shape index (κ1) is 22.0. The van der Waals surface area contributed by atoms with Gasteiger partial charge >= 0.3 is 0 Å². The van der Waals surface area contributed by atoms with Gasteiger partial charge in [0.15, 0.2) is 5.11 Å².